The minimum Gasteiger partial charge on any atom is -0.323 e. The van der Waals surface area contributed by atoms with Crippen molar-refractivity contribution in [2.75, 3.05) is 11.9 Å². The molecule has 0 saturated carbocycles. The van der Waals surface area contributed by atoms with E-state index in [-0.39, 0.29) is 11.8 Å². The zero-order chi connectivity index (χ0) is 24.8. The maximum Gasteiger partial charge on any atom is 0.254 e. The minimum atomic E-state index is -0.790. The van der Waals surface area contributed by atoms with E-state index >= 15 is 0 Å². The largest absolute Gasteiger partial charge is 0.323 e. The smallest absolute Gasteiger partial charge is 0.254 e. The second-order valence-corrected chi connectivity index (χ2v) is 8.37. The van der Waals surface area contributed by atoms with Gasteiger partial charge in [-0.3, -0.25) is 9.59 Å². The van der Waals surface area contributed by atoms with Crippen molar-refractivity contribution < 1.29 is 9.59 Å². The molecule has 0 fully saturated rings. The molecule has 1 heterocycles. The van der Waals surface area contributed by atoms with Gasteiger partial charge < -0.3 is 10.2 Å². The van der Waals surface area contributed by atoms with Gasteiger partial charge in [0, 0.05) is 17.8 Å². The van der Waals surface area contributed by atoms with Crippen LogP contribution in [0.3, 0.4) is 0 Å². The lowest BCUT2D eigenvalue weighted by Gasteiger charge is -2.31. The van der Waals surface area contributed by atoms with Crippen LogP contribution in [0.15, 0.2) is 79.1 Å². The summed E-state index contributed by atoms with van der Waals surface area (Å²) >= 11 is 0. The Hall–Kier alpha value is -4.33. The SMILES string of the molecule is CCCN(C(=O)c1ccc(-n2cnnn2)cc1)[C@H](C(=O)Nc1c(C)cccc1C)c1ccccc1. The molecule has 0 bridgehead atoms. The second kappa shape index (κ2) is 10.7. The van der Waals surface area contributed by atoms with E-state index in [2.05, 4.69) is 20.8 Å². The third-order valence-electron chi connectivity index (χ3n) is 5.86. The number of tetrazole rings is 1. The fraction of sp³-hybridized carbons (Fsp3) is 0.222. The molecule has 35 heavy (non-hydrogen) atoms. The van der Waals surface area contributed by atoms with Crippen LogP contribution in [0.25, 0.3) is 5.69 Å². The number of hydrogen-bond donors (Lipinski definition) is 1. The molecule has 0 aliphatic rings. The van der Waals surface area contributed by atoms with Crippen molar-refractivity contribution in [1.29, 1.82) is 0 Å². The Morgan fingerprint density at radius 1 is 0.943 bits per heavy atom. The van der Waals surface area contributed by atoms with Crippen molar-refractivity contribution in [3.05, 3.63) is 101 Å². The minimum absolute atomic E-state index is 0.222. The van der Waals surface area contributed by atoms with Gasteiger partial charge in [-0.25, -0.2) is 4.68 Å². The van der Waals surface area contributed by atoms with Gasteiger partial charge in [-0.2, -0.15) is 0 Å². The summed E-state index contributed by atoms with van der Waals surface area (Å²) in [6.07, 6.45) is 2.19. The van der Waals surface area contributed by atoms with E-state index in [0.717, 1.165) is 28.1 Å². The van der Waals surface area contributed by atoms with E-state index < -0.39 is 6.04 Å². The lowest BCUT2D eigenvalue weighted by molar-refractivity contribution is -0.120. The van der Waals surface area contributed by atoms with Gasteiger partial charge >= 0.3 is 0 Å². The normalized spacial score (nSPS) is 11.6. The summed E-state index contributed by atoms with van der Waals surface area (Å²) in [6.45, 7) is 6.34. The van der Waals surface area contributed by atoms with Crippen LogP contribution >= 0.6 is 0 Å². The van der Waals surface area contributed by atoms with E-state index in [1.807, 2.05) is 69.3 Å². The van der Waals surface area contributed by atoms with Gasteiger partial charge in [-0.05, 0) is 71.7 Å². The molecule has 0 spiro atoms. The van der Waals surface area contributed by atoms with Gasteiger partial charge in [0.15, 0.2) is 0 Å². The number of aryl methyl sites for hydroxylation is 2. The Balaban J connectivity index is 1.69. The molecule has 8 heteroatoms. The summed E-state index contributed by atoms with van der Waals surface area (Å²) in [4.78, 5) is 29.1. The zero-order valence-electron chi connectivity index (χ0n) is 20.0. The first-order valence-corrected chi connectivity index (χ1v) is 11.6. The molecule has 0 unspecified atom stereocenters. The highest BCUT2D eigenvalue weighted by Gasteiger charge is 2.32. The van der Waals surface area contributed by atoms with Crippen LogP contribution in [0.1, 0.15) is 46.4 Å². The van der Waals surface area contributed by atoms with Crippen molar-refractivity contribution in [2.45, 2.75) is 33.2 Å². The fourth-order valence-electron chi connectivity index (χ4n) is 4.10. The van der Waals surface area contributed by atoms with E-state index in [1.165, 1.54) is 11.0 Å². The Morgan fingerprint density at radius 2 is 1.63 bits per heavy atom. The van der Waals surface area contributed by atoms with Crippen LogP contribution in [-0.2, 0) is 4.79 Å². The first-order chi connectivity index (χ1) is 17.0. The van der Waals surface area contributed by atoms with E-state index in [0.29, 0.717) is 18.5 Å². The maximum absolute atomic E-state index is 13.7. The molecule has 0 saturated heterocycles. The molecule has 4 aromatic rings. The molecule has 3 aromatic carbocycles. The van der Waals surface area contributed by atoms with Gasteiger partial charge in [-0.15, -0.1) is 5.10 Å². The Morgan fingerprint density at radius 3 is 2.23 bits per heavy atom. The van der Waals surface area contributed by atoms with Gasteiger partial charge in [0.1, 0.15) is 12.4 Å². The summed E-state index contributed by atoms with van der Waals surface area (Å²) in [7, 11) is 0. The topological polar surface area (TPSA) is 93.0 Å². The molecule has 1 atom stereocenters. The number of aromatic nitrogens is 4. The molecule has 8 nitrogen and oxygen atoms in total. The molecule has 0 aliphatic heterocycles. The fourth-order valence-corrected chi connectivity index (χ4v) is 4.10. The highest BCUT2D eigenvalue weighted by atomic mass is 16.2. The summed E-state index contributed by atoms with van der Waals surface area (Å²) in [6, 6.07) is 21.5. The first-order valence-electron chi connectivity index (χ1n) is 11.6. The summed E-state index contributed by atoms with van der Waals surface area (Å²) in [5.74, 6) is -0.471. The number of carbonyl (C=O) groups is 2. The Labute approximate surface area is 204 Å². The quantitative estimate of drug-likeness (QED) is 0.411. The van der Waals surface area contributed by atoms with Crippen LogP contribution in [-0.4, -0.2) is 43.5 Å². The Bertz CT molecular complexity index is 1270. The number of carbonyl (C=O) groups excluding carboxylic acids is 2. The number of benzene rings is 3. The molecule has 1 aromatic heterocycles. The van der Waals surface area contributed by atoms with Crippen molar-refractivity contribution in [3.63, 3.8) is 0 Å². The highest BCUT2D eigenvalue weighted by molar-refractivity contribution is 6.02. The van der Waals surface area contributed by atoms with Gasteiger partial charge in [0.25, 0.3) is 11.8 Å². The number of nitrogens with zero attached hydrogens (tertiary/aromatic N) is 5. The first kappa shape index (κ1) is 23.8. The van der Waals surface area contributed by atoms with Crippen LogP contribution in [0, 0.1) is 13.8 Å². The number of para-hydroxylation sites is 1. The lowest BCUT2D eigenvalue weighted by atomic mass is 10.0. The summed E-state index contributed by atoms with van der Waals surface area (Å²) in [5.41, 5.74) is 4.68. The monoisotopic (exact) mass is 468 g/mol. The molecule has 2 amide bonds. The second-order valence-electron chi connectivity index (χ2n) is 8.37. The number of rotatable bonds is 8. The Kier molecular flexibility index (Phi) is 7.30. The van der Waals surface area contributed by atoms with Crippen LogP contribution in [0.2, 0.25) is 0 Å². The van der Waals surface area contributed by atoms with Gasteiger partial charge in [0.05, 0.1) is 5.69 Å². The predicted molar refractivity (Wildman–Crippen MR) is 134 cm³/mol. The van der Waals surface area contributed by atoms with E-state index in [9.17, 15) is 9.59 Å². The third-order valence-corrected chi connectivity index (χ3v) is 5.86. The van der Waals surface area contributed by atoms with Crippen molar-refractivity contribution in [1.82, 2.24) is 25.1 Å². The third kappa shape index (κ3) is 5.27. The van der Waals surface area contributed by atoms with Crippen LogP contribution in [0.5, 0.6) is 0 Å². The van der Waals surface area contributed by atoms with E-state index in [4.69, 9.17) is 0 Å². The molecular formula is C27H28N6O2. The van der Waals surface area contributed by atoms with Crippen molar-refractivity contribution in [3.8, 4) is 5.69 Å². The number of hydrogen-bond acceptors (Lipinski definition) is 5. The highest BCUT2D eigenvalue weighted by Crippen LogP contribution is 2.27. The van der Waals surface area contributed by atoms with Gasteiger partial charge in [-0.1, -0.05) is 55.5 Å². The molecule has 0 radical (unpaired) electrons. The molecule has 4 rings (SSSR count). The molecular weight excluding hydrogens is 440 g/mol. The average molecular weight is 469 g/mol. The standard InChI is InChI=1S/C27H28N6O2/c1-4-17-32(27(35)22-13-15-23(16-14-22)33-18-28-30-31-33)25(21-11-6-5-7-12-21)26(34)29-24-19(2)9-8-10-20(24)3/h5-16,18,25H,4,17H2,1-3H3,(H,29,34)/t25-/m0/s1. The molecule has 178 valence electrons. The zero-order valence-corrected chi connectivity index (χ0v) is 20.0. The van der Waals surface area contributed by atoms with E-state index in [1.54, 1.807) is 29.2 Å². The van der Waals surface area contributed by atoms with Gasteiger partial charge in [0.2, 0.25) is 0 Å². The number of anilines is 1. The van der Waals surface area contributed by atoms with Crippen molar-refractivity contribution in [2.24, 2.45) is 0 Å². The average Bonchev–Trinajstić information content (AvgIpc) is 3.42. The molecule has 1 N–H and O–H groups in total. The lowest BCUT2D eigenvalue weighted by Crippen LogP contribution is -2.42. The molecule has 0 aliphatic carbocycles. The number of amides is 2. The number of nitrogens with one attached hydrogen (secondary N) is 1. The summed E-state index contributed by atoms with van der Waals surface area (Å²) in [5, 5.41) is 14.3. The predicted octanol–water partition coefficient (Wildman–Crippen LogP) is 4.51. The van der Waals surface area contributed by atoms with Crippen molar-refractivity contribution >= 4 is 17.5 Å². The maximum atomic E-state index is 13.7. The summed E-state index contributed by atoms with van der Waals surface area (Å²) < 4.78 is 1.52. The van der Waals surface area contributed by atoms with Crippen LogP contribution < -0.4 is 5.32 Å². The van der Waals surface area contributed by atoms with Crippen LogP contribution in [0.4, 0.5) is 5.69 Å².